The number of carbonyl (C=O) groups excluding carboxylic acids is 1. The molecule has 0 unspecified atom stereocenters. The monoisotopic (exact) mass is 449 g/mol. The third-order valence-electron chi connectivity index (χ3n) is 6.53. The summed E-state index contributed by atoms with van der Waals surface area (Å²) in [5, 5.41) is 12.5. The fourth-order valence-electron chi connectivity index (χ4n) is 4.81. The summed E-state index contributed by atoms with van der Waals surface area (Å²) in [6.45, 7) is 3.40. The van der Waals surface area contributed by atoms with Crippen LogP contribution in [0.2, 0.25) is 0 Å². The number of carbonyl (C=O) groups is 1. The minimum Gasteiger partial charge on any atom is -0.340 e. The molecular weight excluding hydrogens is 424 g/mol. The first-order valence-corrected chi connectivity index (χ1v) is 11.2. The van der Waals surface area contributed by atoms with E-state index in [4.69, 9.17) is 0 Å². The van der Waals surface area contributed by atoms with E-state index in [0.29, 0.717) is 6.54 Å². The van der Waals surface area contributed by atoms with Crippen LogP contribution in [-0.4, -0.2) is 43.4 Å². The first-order chi connectivity index (χ1) is 16.0. The molecule has 3 heterocycles. The van der Waals surface area contributed by atoms with Gasteiger partial charge in [0.1, 0.15) is 0 Å². The number of benzene rings is 2. The third kappa shape index (κ3) is 4.25. The second kappa shape index (κ2) is 8.77. The Morgan fingerprint density at radius 1 is 1.18 bits per heavy atom. The summed E-state index contributed by atoms with van der Waals surface area (Å²) in [6, 6.07) is 10.4. The topological polar surface area (TPSA) is 66.8 Å². The molecule has 0 radical (unpaired) electrons. The van der Waals surface area contributed by atoms with Crippen LogP contribution in [0.1, 0.15) is 25.3 Å². The molecular formula is C25H25F2N5O. The number of H-pyrrole nitrogens is 1. The van der Waals surface area contributed by atoms with Crippen LogP contribution >= 0.6 is 0 Å². The number of halogens is 2. The van der Waals surface area contributed by atoms with E-state index in [2.05, 4.69) is 33.5 Å². The lowest BCUT2D eigenvalue weighted by molar-refractivity contribution is -0.131. The zero-order valence-corrected chi connectivity index (χ0v) is 18.3. The van der Waals surface area contributed by atoms with Crippen LogP contribution in [0.5, 0.6) is 0 Å². The number of amides is 1. The number of aromatic nitrogens is 4. The SMILES string of the molecule is C[C@H]1C[C@H](Cn2ncc3cc(-c4cn[nH]c4)ccc32)CN1C(=O)CCc1cccc(F)c1F. The summed E-state index contributed by atoms with van der Waals surface area (Å²) in [5.74, 6) is -1.48. The van der Waals surface area contributed by atoms with Crippen molar-refractivity contribution >= 4 is 16.8 Å². The van der Waals surface area contributed by atoms with Gasteiger partial charge in [-0.25, -0.2) is 8.78 Å². The van der Waals surface area contributed by atoms with Crippen molar-refractivity contribution in [1.82, 2.24) is 24.9 Å². The minimum atomic E-state index is -0.877. The highest BCUT2D eigenvalue weighted by Crippen LogP contribution is 2.28. The predicted octanol–water partition coefficient (Wildman–Crippen LogP) is 4.57. The molecule has 1 amide bonds. The Bertz CT molecular complexity index is 1280. The number of nitrogens with one attached hydrogen (secondary N) is 1. The van der Waals surface area contributed by atoms with Crippen LogP contribution in [0.4, 0.5) is 8.78 Å². The summed E-state index contributed by atoms with van der Waals surface area (Å²) in [5.41, 5.74) is 3.41. The van der Waals surface area contributed by atoms with Crippen molar-refractivity contribution in [2.45, 2.75) is 38.8 Å². The van der Waals surface area contributed by atoms with E-state index in [1.165, 1.54) is 12.1 Å². The number of nitrogens with zero attached hydrogens (tertiary/aromatic N) is 4. The molecule has 1 aliphatic heterocycles. The van der Waals surface area contributed by atoms with Crippen LogP contribution in [0, 0.1) is 17.6 Å². The quantitative estimate of drug-likeness (QED) is 0.469. The molecule has 2 aromatic heterocycles. The van der Waals surface area contributed by atoms with Gasteiger partial charge in [0.15, 0.2) is 11.6 Å². The maximum absolute atomic E-state index is 13.9. The van der Waals surface area contributed by atoms with Crippen LogP contribution in [0.3, 0.4) is 0 Å². The standard InChI is InChI=1S/C25H25F2N5O/c1-16-9-17(14-31(16)24(33)8-6-18-3-2-4-22(26)25(18)27)15-32-23-7-5-19(10-20(23)13-30-32)21-11-28-29-12-21/h2-5,7,10-13,16-17H,6,8-9,14-15H2,1H3,(H,28,29)/t16-,17-/m0/s1. The molecule has 1 saturated heterocycles. The van der Waals surface area contributed by atoms with Crippen molar-refractivity contribution in [1.29, 1.82) is 0 Å². The molecule has 5 rings (SSSR count). The summed E-state index contributed by atoms with van der Waals surface area (Å²) < 4.78 is 29.3. The Morgan fingerprint density at radius 2 is 2.06 bits per heavy atom. The van der Waals surface area contributed by atoms with Gasteiger partial charge in [-0.05, 0) is 55.0 Å². The molecule has 1 aliphatic rings. The van der Waals surface area contributed by atoms with Gasteiger partial charge in [-0.15, -0.1) is 0 Å². The molecule has 4 aromatic rings. The van der Waals surface area contributed by atoms with Gasteiger partial charge in [-0.3, -0.25) is 14.6 Å². The van der Waals surface area contributed by atoms with Crippen LogP contribution < -0.4 is 0 Å². The van der Waals surface area contributed by atoms with Crippen LogP contribution in [0.15, 0.2) is 55.0 Å². The highest BCUT2D eigenvalue weighted by atomic mass is 19.2. The lowest BCUT2D eigenvalue weighted by Crippen LogP contribution is -2.34. The second-order valence-electron chi connectivity index (χ2n) is 8.80. The van der Waals surface area contributed by atoms with Gasteiger partial charge in [-0.1, -0.05) is 18.2 Å². The predicted molar refractivity (Wildman–Crippen MR) is 121 cm³/mol. The van der Waals surface area contributed by atoms with Gasteiger partial charge in [-0.2, -0.15) is 10.2 Å². The molecule has 0 bridgehead atoms. The lowest BCUT2D eigenvalue weighted by atomic mass is 10.1. The number of rotatable bonds is 6. The molecule has 2 aromatic carbocycles. The van der Waals surface area contributed by atoms with Crippen molar-refractivity contribution in [2.75, 3.05) is 6.54 Å². The molecule has 33 heavy (non-hydrogen) atoms. The van der Waals surface area contributed by atoms with Crippen molar-refractivity contribution in [3.05, 3.63) is 72.2 Å². The Balaban J connectivity index is 1.23. The molecule has 0 saturated carbocycles. The van der Waals surface area contributed by atoms with Crippen molar-refractivity contribution < 1.29 is 13.6 Å². The molecule has 1 N–H and O–H groups in total. The molecule has 8 heteroatoms. The average molecular weight is 450 g/mol. The molecule has 2 atom stereocenters. The van der Waals surface area contributed by atoms with E-state index in [1.54, 1.807) is 6.20 Å². The summed E-state index contributed by atoms with van der Waals surface area (Å²) in [6.07, 6.45) is 6.76. The first-order valence-electron chi connectivity index (χ1n) is 11.2. The van der Waals surface area contributed by atoms with Gasteiger partial charge >= 0.3 is 0 Å². The zero-order chi connectivity index (χ0) is 22.9. The summed E-state index contributed by atoms with van der Waals surface area (Å²) in [7, 11) is 0. The number of aromatic amines is 1. The summed E-state index contributed by atoms with van der Waals surface area (Å²) >= 11 is 0. The van der Waals surface area contributed by atoms with E-state index < -0.39 is 11.6 Å². The lowest BCUT2D eigenvalue weighted by Gasteiger charge is -2.21. The van der Waals surface area contributed by atoms with Gasteiger partial charge in [0.2, 0.25) is 5.91 Å². The third-order valence-corrected chi connectivity index (χ3v) is 6.53. The normalized spacial score (nSPS) is 18.3. The largest absolute Gasteiger partial charge is 0.340 e. The first kappa shape index (κ1) is 21.3. The van der Waals surface area contributed by atoms with Crippen molar-refractivity contribution in [2.24, 2.45) is 5.92 Å². The molecule has 0 spiro atoms. The fourth-order valence-corrected chi connectivity index (χ4v) is 4.81. The number of likely N-dealkylation sites (tertiary alicyclic amines) is 1. The fraction of sp³-hybridized carbons (Fsp3) is 0.320. The Kier molecular flexibility index (Phi) is 5.66. The minimum absolute atomic E-state index is 0.0243. The van der Waals surface area contributed by atoms with Gasteiger partial charge in [0.25, 0.3) is 0 Å². The highest BCUT2D eigenvalue weighted by molar-refractivity contribution is 5.84. The van der Waals surface area contributed by atoms with Gasteiger partial charge in [0, 0.05) is 42.7 Å². The van der Waals surface area contributed by atoms with Crippen molar-refractivity contribution in [3.8, 4) is 11.1 Å². The van der Waals surface area contributed by atoms with Crippen LogP contribution in [-0.2, 0) is 17.8 Å². The Hall–Kier alpha value is -3.55. The molecule has 170 valence electrons. The molecule has 0 aliphatic carbocycles. The maximum Gasteiger partial charge on any atom is 0.223 e. The zero-order valence-electron chi connectivity index (χ0n) is 18.3. The van der Waals surface area contributed by atoms with E-state index in [0.717, 1.165) is 41.1 Å². The molecule has 6 nitrogen and oxygen atoms in total. The summed E-state index contributed by atoms with van der Waals surface area (Å²) in [4.78, 5) is 14.7. The van der Waals surface area contributed by atoms with E-state index in [-0.39, 0.29) is 36.3 Å². The molecule has 1 fully saturated rings. The van der Waals surface area contributed by atoms with Crippen molar-refractivity contribution in [3.63, 3.8) is 0 Å². The Morgan fingerprint density at radius 3 is 2.88 bits per heavy atom. The number of hydrogen-bond acceptors (Lipinski definition) is 3. The van der Waals surface area contributed by atoms with E-state index >= 15 is 0 Å². The maximum atomic E-state index is 13.9. The Labute approximate surface area is 190 Å². The number of aryl methyl sites for hydroxylation is 1. The average Bonchev–Trinajstić information content (AvgIpc) is 3.55. The second-order valence-corrected chi connectivity index (χ2v) is 8.80. The number of fused-ring (bicyclic) bond motifs is 1. The van der Waals surface area contributed by atoms with Crippen LogP contribution in [0.25, 0.3) is 22.0 Å². The number of hydrogen-bond donors (Lipinski definition) is 1. The van der Waals surface area contributed by atoms with Gasteiger partial charge < -0.3 is 4.90 Å². The van der Waals surface area contributed by atoms with Gasteiger partial charge in [0.05, 0.1) is 17.9 Å². The highest BCUT2D eigenvalue weighted by Gasteiger charge is 2.32. The van der Waals surface area contributed by atoms with E-state index in [1.807, 2.05) is 28.9 Å². The van der Waals surface area contributed by atoms with E-state index in [9.17, 15) is 13.6 Å². The smallest absolute Gasteiger partial charge is 0.223 e.